The van der Waals surface area contributed by atoms with E-state index in [0.29, 0.717) is 22.7 Å². The van der Waals surface area contributed by atoms with E-state index in [1.165, 1.54) is 25.7 Å². The Morgan fingerprint density at radius 3 is 1.39 bits per heavy atom. The van der Waals surface area contributed by atoms with Crippen molar-refractivity contribution in [2.45, 2.75) is 132 Å². The highest BCUT2D eigenvalue weighted by atomic mass is 28.4. The highest BCUT2D eigenvalue weighted by molar-refractivity contribution is 6.76. The molecule has 2 aliphatic carbocycles. The van der Waals surface area contributed by atoms with Crippen LogP contribution in [0, 0.1) is 22.7 Å². The first kappa shape index (κ1) is 31.2. The minimum absolute atomic E-state index is 0.378. The van der Waals surface area contributed by atoms with Crippen LogP contribution >= 0.6 is 0 Å². The summed E-state index contributed by atoms with van der Waals surface area (Å²) in [6.07, 6.45) is 16.8. The van der Waals surface area contributed by atoms with Crippen LogP contribution in [-0.4, -0.2) is 16.6 Å². The first-order valence-electron chi connectivity index (χ1n) is 14.5. The minimum Gasteiger partial charge on any atom is -0.548 e. The van der Waals surface area contributed by atoms with E-state index in [0.717, 1.165) is 36.4 Å². The maximum atomic E-state index is 6.62. The Balaban J connectivity index is 1.89. The third kappa shape index (κ3) is 9.38. The lowest BCUT2D eigenvalue weighted by Crippen LogP contribution is -2.36. The standard InChI is InChI=1S/C32H58O2Si2/c1-25-15-13-21-31(5,6)29(25)19-17-27(3)33-35(9,10)23-24-36(11,12)34-28(4)18-20-30-26(2)16-14-22-32(30,7)8/h15-18,29-30H,13-14,19-24H2,1-12H3/b27-17+,28-18+. The second-order valence-electron chi connectivity index (χ2n) is 14.4. The van der Waals surface area contributed by atoms with Crippen LogP contribution in [0.1, 0.15) is 93.9 Å². The molecule has 0 fully saturated rings. The van der Waals surface area contributed by atoms with Crippen LogP contribution in [0.5, 0.6) is 0 Å². The monoisotopic (exact) mass is 530 g/mol. The van der Waals surface area contributed by atoms with Gasteiger partial charge in [-0.05, 0) is 139 Å². The summed E-state index contributed by atoms with van der Waals surface area (Å²) in [6.45, 7) is 28.1. The third-order valence-electron chi connectivity index (χ3n) is 8.98. The average molecular weight is 531 g/mol. The molecule has 0 heterocycles. The number of hydrogen-bond donors (Lipinski definition) is 0. The summed E-state index contributed by atoms with van der Waals surface area (Å²) in [4.78, 5) is 0. The van der Waals surface area contributed by atoms with Crippen LogP contribution in [0.3, 0.4) is 0 Å². The molecule has 36 heavy (non-hydrogen) atoms. The molecule has 0 aromatic rings. The van der Waals surface area contributed by atoms with Crippen molar-refractivity contribution in [2.75, 3.05) is 0 Å². The molecular weight excluding hydrogens is 473 g/mol. The Morgan fingerprint density at radius 1 is 0.750 bits per heavy atom. The zero-order valence-electron chi connectivity index (χ0n) is 25.9. The van der Waals surface area contributed by atoms with Crippen LogP contribution in [0.4, 0.5) is 0 Å². The molecular formula is C32H58O2Si2. The lowest BCUT2D eigenvalue weighted by atomic mass is 9.67. The summed E-state index contributed by atoms with van der Waals surface area (Å²) in [6, 6.07) is 2.30. The molecule has 2 atom stereocenters. The van der Waals surface area contributed by atoms with Crippen molar-refractivity contribution in [3.63, 3.8) is 0 Å². The first-order chi connectivity index (χ1) is 16.4. The van der Waals surface area contributed by atoms with E-state index in [2.05, 4.69) is 106 Å². The van der Waals surface area contributed by atoms with Gasteiger partial charge in [-0.3, -0.25) is 0 Å². The molecule has 0 bridgehead atoms. The topological polar surface area (TPSA) is 18.5 Å². The van der Waals surface area contributed by atoms with E-state index in [4.69, 9.17) is 8.85 Å². The van der Waals surface area contributed by atoms with Gasteiger partial charge in [0.05, 0.1) is 11.5 Å². The van der Waals surface area contributed by atoms with Crippen molar-refractivity contribution in [1.29, 1.82) is 0 Å². The van der Waals surface area contributed by atoms with Gasteiger partial charge < -0.3 is 8.85 Å². The van der Waals surface area contributed by atoms with Crippen molar-refractivity contribution in [1.82, 2.24) is 0 Å². The van der Waals surface area contributed by atoms with Gasteiger partial charge in [0.25, 0.3) is 0 Å². The maximum absolute atomic E-state index is 6.62. The molecule has 0 aromatic heterocycles. The van der Waals surface area contributed by atoms with Crippen LogP contribution in [0.15, 0.2) is 47.0 Å². The second-order valence-corrected chi connectivity index (χ2v) is 22.8. The van der Waals surface area contributed by atoms with E-state index in [1.807, 2.05) is 0 Å². The Labute approximate surface area is 227 Å². The highest BCUT2D eigenvalue weighted by Gasteiger charge is 2.35. The van der Waals surface area contributed by atoms with Crippen LogP contribution in [-0.2, 0) is 8.85 Å². The van der Waals surface area contributed by atoms with Gasteiger partial charge in [-0.25, -0.2) is 0 Å². The zero-order chi connectivity index (χ0) is 27.4. The highest BCUT2D eigenvalue weighted by Crippen LogP contribution is 2.44. The predicted octanol–water partition coefficient (Wildman–Crippen LogP) is 10.8. The Bertz CT molecular complexity index is 799. The van der Waals surface area contributed by atoms with Gasteiger partial charge in [0.1, 0.15) is 0 Å². The van der Waals surface area contributed by atoms with Crippen molar-refractivity contribution >= 4 is 16.6 Å². The van der Waals surface area contributed by atoms with E-state index in [1.54, 1.807) is 11.1 Å². The van der Waals surface area contributed by atoms with Crippen molar-refractivity contribution < 1.29 is 8.85 Å². The van der Waals surface area contributed by atoms with Gasteiger partial charge in [-0.2, -0.15) is 0 Å². The largest absolute Gasteiger partial charge is 0.548 e. The van der Waals surface area contributed by atoms with E-state index in [-0.39, 0.29) is 0 Å². The molecule has 0 spiro atoms. The predicted molar refractivity (Wildman–Crippen MR) is 164 cm³/mol. The number of hydrogen-bond acceptors (Lipinski definition) is 2. The van der Waals surface area contributed by atoms with E-state index < -0.39 is 16.6 Å². The quantitative estimate of drug-likeness (QED) is 0.150. The average Bonchev–Trinajstić information content (AvgIpc) is 2.70. The lowest BCUT2D eigenvalue weighted by Gasteiger charge is -2.38. The molecule has 2 rings (SSSR count). The van der Waals surface area contributed by atoms with Crippen LogP contribution in [0.2, 0.25) is 38.3 Å². The molecule has 0 saturated heterocycles. The molecule has 0 amide bonds. The van der Waals surface area contributed by atoms with Crippen molar-refractivity contribution in [2.24, 2.45) is 22.7 Å². The Hall–Kier alpha value is -1.01. The second kappa shape index (κ2) is 12.2. The van der Waals surface area contributed by atoms with Crippen molar-refractivity contribution in [3.8, 4) is 0 Å². The fraction of sp³-hybridized carbons (Fsp3) is 0.750. The molecule has 2 unspecified atom stereocenters. The van der Waals surface area contributed by atoms with Gasteiger partial charge in [-0.15, -0.1) is 0 Å². The molecule has 0 saturated carbocycles. The molecule has 206 valence electrons. The van der Waals surface area contributed by atoms with Crippen molar-refractivity contribution in [3.05, 3.63) is 47.0 Å². The Morgan fingerprint density at radius 2 is 1.08 bits per heavy atom. The Kier molecular flexibility index (Phi) is 10.6. The summed E-state index contributed by atoms with van der Waals surface area (Å²) in [7, 11) is -3.59. The molecule has 0 N–H and O–H groups in total. The summed E-state index contributed by atoms with van der Waals surface area (Å²) < 4.78 is 13.2. The van der Waals surface area contributed by atoms with Crippen LogP contribution in [0.25, 0.3) is 0 Å². The maximum Gasteiger partial charge on any atom is 0.244 e. The smallest absolute Gasteiger partial charge is 0.244 e. The van der Waals surface area contributed by atoms with Gasteiger partial charge in [0.2, 0.25) is 16.6 Å². The molecule has 2 aliphatic rings. The van der Waals surface area contributed by atoms with Gasteiger partial charge in [0.15, 0.2) is 0 Å². The van der Waals surface area contributed by atoms with Crippen LogP contribution < -0.4 is 0 Å². The summed E-state index contributed by atoms with van der Waals surface area (Å²) in [5.74, 6) is 3.50. The lowest BCUT2D eigenvalue weighted by molar-refractivity contribution is 0.215. The molecule has 2 nitrogen and oxygen atoms in total. The zero-order valence-corrected chi connectivity index (χ0v) is 27.9. The third-order valence-corrected chi connectivity index (χ3v) is 14.1. The van der Waals surface area contributed by atoms with E-state index >= 15 is 0 Å². The van der Waals surface area contributed by atoms with E-state index in [9.17, 15) is 0 Å². The normalized spacial score (nSPS) is 25.2. The first-order valence-corrected chi connectivity index (χ1v) is 20.7. The minimum atomic E-state index is -1.80. The molecule has 0 aliphatic heterocycles. The van der Waals surface area contributed by atoms with Gasteiger partial charge in [-0.1, -0.05) is 51.0 Å². The summed E-state index contributed by atoms with van der Waals surface area (Å²) >= 11 is 0. The fourth-order valence-electron chi connectivity index (χ4n) is 6.45. The molecule has 0 aromatic carbocycles. The molecule has 4 heteroatoms. The fourth-order valence-corrected chi connectivity index (χ4v) is 13.4. The summed E-state index contributed by atoms with van der Waals surface area (Å²) in [5.41, 5.74) is 3.86. The molecule has 0 radical (unpaired) electrons. The number of allylic oxidation sites excluding steroid dienone is 8. The van der Waals surface area contributed by atoms with Gasteiger partial charge in [0, 0.05) is 0 Å². The van der Waals surface area contributed by atoms with Gasteiger partial charge >= 0.3 is 0 Å². The summed E-state index contributed by atoms with van der Waals surface area (Å²) in [5, 5.41) is 0. The number of rotatable bonds is 11. The SMILES string of the molecule is CC1=CCCC(C)(C)C1C/C=C(\C)O[Si](C)(C)CC[Si](C)(C)O/C(C)=C/CC1C(C)=CCCC1(C)C.